The summed E-state index contributed by atoms with van der Waals surface area (Å²) in [5.41, 5.74) is -0.525. The van der Waals surface area contributed by atoms with Crippen molar-refractivity contribution in [3.8, 4) is 0 Å². The first-order valence-corrected chi connectivity index (χ1v) is 9.39. The Balaban J connectivity index is 0.000000647. The summed E-state index contributed by atoms with van der Waals surface area (Å²) in [4.78, 5) is 23.1. The van der Waals surface area contributed by atoms with Gasteiger partial charge >= 0.3 is 0 Å². The standard InChI is InChI=1S/C17H30N2O2.CH2O2/c20-15-8-12-19(11-7-14-5-2-1-3-6-14)13-17(15)9-4-10-18-16(17)21;2-1-3/h14-15,20H,1-13H2,(H,18,21);1H,(H,2,3)/t15-,17-;/m1./s1. The van der Waals surface area contributed by atoms with Crippen LogP contribution in [-0.2, 0) is 9.59 Å². The highest BCUT2D eigenvalue weighted by atomic mass is 16.3. The van der Waals surface area contributed by atoms with Gasteiger partial charge in [0, 0.05) is 19.6 Å². The van der Waals surface area contributed by atoms with Crippen molar-refractivity contribution in [2.75, 3.05) is 26.2 Å². The van der Waals surface area contributed by atoms with E-state index >= 15 is 0 Å². The molecular formula is C18H32N2O4. The molecule has 0 radical (unpaired) electrons. The summed E-state index contributed by atoms with van der Waals surface area (Å²) in [7, 11) is 0. The van der Waals surface area contributed by atoms with Gasteiger partial charge in [0.05, 0.1) is 11.5 Å². The number of hydrogen-bond donors (Lipinski definition) is 3. The van der Waals surface area contributed by atoms with Crippen molar-refractivity contribution >= 4 is 12.4 Å². The molecule has 0 aromatic heterocycles. The average molecular weight is 340 g/mol. The van der Waals surface area contributed by atoms with Crippen LogP contribution in [-0.4, -0.2) is 59.8 Å². The molecule has 3 rings (SSSR count). The Bertz CT molecular complexity index is 412. The summed E-state index contributed by atoms with van der Waals surface area (Å²) in [6.07, 6.45) is 10.4. The largest absolute Gasteiger partial charge is 0.483 e. The van der Waals surface area contributed by atoms with Gasteiger partial charge in [0.1, 0.15) is 0 Å². The van der Waals surface area contributed by atoms with Crippen LogP contribution in [0.4, 0.5) is 0 Å². The summed E-state index contributed by atoms with van der Waals surface area (Å²) >= 11 is 0. The molecule has 3 N–H and O–H groups in total. The molecule has 1 saturated carbocycles. The van der Waals surface area contributed by atoms with Crippen molar-refractivity contribution in [1.82, 2.24) is 10.2 Å². The van der Waals surface area contributed by atoms with Crippen LogP contribution in [0.5, 0.6) is 0 Å². The van der Waals surface area contributed by atoms with Gasteiger partial charge in [-0.1, -0.05) is 32.1 Å². The summed E-state index contributed by atoms with van der Waals surface area (Å²) in [6, 6.07) is 0. The van der Waals surface area contributed by atoms with E-state index in [2.05, 4.69) is 10.2 Å². The fourth-order valence-electron chi connectivity index (χ4n) is 4.56. The second-order valence-electron chi connectivity index (χ2n) is 7.49. The lowest BCUT2D eigenvalue weighted by Gasteiger charge is -2.47. The molecule has 2 heterocycles. The third-order valence-electron chi connectivity index (χ3n) is 5.98. The summed E-state index contributed by atoms with van der Waals surface area (Å²) in [6.45, 7) is 3.33. The van der Waals surface area contributed by atoms with E-state index in [1.807, 2.05) is 0 Å². The lowest BCUT2D eigenvalue weighted by molar-refractivity contribution is -0.149. The van der Waals surface area contributed by atoms with Crippen LogP contribution in [0.2, 0.25) is 0 Å². The Kier molecular flexibility index (Phi) is 7.49. The number of rotatable bonds is 3. The zero-order valence-corrected chi connectivity index (χ0v) is 14.6. The van der Waals surface area contributed by atoms with E-state index in [1.54, 1.807) is 0 Å². The first kappa shape index (κ1) is 19.2. The molecule has 6 nitrogen and oxygen atoms in total. The Morgan fingerprint density at radius 3 is 2.58 bits per heavy atom. The minimum absolute atomic E-state index is 0.0867. The van der Waals surface area contributed by atoms with Gasteiger partial charge in [-0.15, -0.1) is 0 Å². The first-order valence-electron chi connectivity index (χ1n) is 9.39. The zero-order valence-electron chi connectivity index (χ0n) is 14.6. The quantitative estimate of drug-likeness (QED) is 0.679. The van der Waals surface area contributed by atoms with Gasteiger partial charge in [0.2, 0.25) is 5.91 Å². The maximum atomic E-state index is 12.3. The predicted molar refractivity (Wildman–Crippen MR) is 91.6 cm³/mol. The molecular weight excluding hydrogens is 308 g/mol. The van der Waals surface area contributed by atoms with Gasteiger partial charge < -0.3 is 20.4 Å². The van der Waals surface area contributed by atoms with Gasteiger partial charge in [0.15, 0.2) is 0 Å². The lowest BCUT2D eigenvalue weighted by Crippen LogP contribution is -2.61. The fourth-order valence-corrected chi connectivity index (χ4v) is 4.56. The van der Waals surface area contributed by atoms with E-state index in [9.17, 15) is 9.90 Å². The number of piperidine rings is 2. The van der Waals surface area contributed by atoms with Crippen LogP contribution < -0.4 is 5.32 Å². The Morgan fingerprint density at radius 2 is 1.92 bits per heavy atom. The summed E-state index contributed by atoms with van der Waals surface area (Å²) in [5.74, 6) is 0.977. The Morgan fingerprint density at radius 1 is 1.21 bits per heavy atom. The molecule has 1 spiro atoms. The molecule has 2 atom stereocenters. The number of nitrogens with zero attached hydrogens (tertiary/aromatic N) is 1. The lowest BCUT2D eigenvalue weighted by atomic mass is 9.71. The molecule has 0 unspecified atom stereocenters. The SMILES string of the molecule is O=C1NCCC[C@]12CN(CCC1CCCCC1)CC[C@H]2O.O=CO. The molecule has 3 fully saturated rings. The molecule has 1 amide bonds. The van der Waals surface area contributed by atoms with E-state index < -0.39 is 11.5 Å². The van der Waals surface area contributed by atoms with Gasteiger partial charge in [-0.25, -0.2) is 0 Å². The molecule has 6 heteroatoms. The van der Waals surface area contributed by atoms with Crippen LogP contribution in [0.3, 0.4) is 0 Å². The number of carboxylic acid groups (broad SMARTS) is 1. The Labute approximate surface area is 144 Å². The number of carbonyl (C=O) groups is 2. The average Bonchev–Trinajstić information content (AvgIpc) is 2.60. The number of aliphatic hydroxyl groups excluding tert-OH is 1. The van der Waals surface area contributed by atoms with Crippen molar-refractivity contribution in [3.63, 3.8) is 0 Å². The zero-order chi connectivity index (χ0) is 17.4. The van der Waals surface area contributed by atoms with Crippen molar-refractivity contribution in [2.45, 2.75) is 63.9 Å². The number of amides is 1. The second-order valence-corrected chi connectivity index (χ2v) is 7.49. The molecule has 138 valence electrons. The highest BCUT2D eigenvalue weighted by Gasteiger charge is 2.49. The normalized spacial score (nSPS) is 31.9. The predicted octanol–water partition coefficient (Wildman–Crippen LogP) is 1.62. The van der Waals surface area contributed by atoms with Crippen molar-refractivity contribution in [3.05, 3.63) is 0 Å². The van der Waals surface area contributed by atoms with Crippen molar-refractivity contribution in [2.24, 2.45) is 11.3 Å². The molecule has 2 aliphatic heterocycles. The topological polar surface area (TPSA) is 89.9 Å². The minimum atomic E-state index is -0.525. The summed E-state index contributed by atoms with van der Waals surface area (Å²) in [5, 5.41) is 20.3. The van der Waals surface area contributed by atoms with Crippen LogP contribution in [0.15, 0.2) is 0 Å². The van der Waals surface area contributed by atoms with Gasteiger partial charge in [0.25, 0.3) is 6.47 Å². The van der Waals surface area contributed by atoms with Gasteiger partial charge in [-0.2, -0.15) is 0 Å². The van der Waals surface area contributed by atoms with Crippen LogP contribution in [0.1, 0.15) is 57.8 Å². The molecule has 0 aromatic rings. The van der Waals surface area contributed by atoms with E-state index in [-0.39, 0.29) is 12.4 Å². The van der Waals surface area contributed by atoms with Crippen molar-refractivity contribution in [1.29, 1.82) is 0 Å². The summed E-state index contributed by atoms with van der Waals surface area (Å²) < 4.78 is 0. The molecule has 0 bridgehead atoms. The minimum Gasteiger partial charge on any atom is -0.483 e. The van der Waals surface area contributed by atoms with E-state index in [4.69, 9.17) is 9.90 Å². The number of likely N-dealkylation sites (tertiary alicyclic amines) is 1. The number of nitrogens with one attached hydrogen (secondary N) is 1. The molecule has 3 aliphatic rings. The number of hydrogen-bond acceptors (Lipinski definition) is 4. The highest BCUT2D eigenvalue weighted by molar-refractivity contribution is 5.84. The van der Waals surface area contributed by atoms with E-state index in [0.29, 0.717) is 0 Å². The number of aliphatic hydroxyl groups is 1. The van der Waals surface area contributed by atoms with Gasteiger partial charge in [-0.3, -0.25) is 9.59 Å². The monoisotopic (exact) mass is 340 g/mol. The first-order chi connectivity index (χ1) is 11.6. The highest BCUT2D eigenvalue weighted by Crippen LogP contribution is 2.37. The third-order valence-corrected chi connectivity index (χ3v) is 5.98. The van der Waals surface area contributed by atoms with Crippen molar-refractivity contribution < 1.29 is 19.8 Å². The molecule has 24 heavy (non-hydrogen) atoms. The smallest absolute Gasteiger partial charge is 0.290 e. The molecule has 0 aromatic carbocycles. The maximum Gasteiger partial charge on any atom is 0.290 e. The van der Waals surface area contributed by atoms with Gasteiger partial charge in [-0.05, 0) is 38.1 Å². The Hall–Kier alpha value is -1.14. The van der Waals surface area contributed by atoms with E-state index in [0.717, 1.165) is 51.4 Å². The second kappa shape index (κ2) is 9.37. The maximum absolute atomic E-state index is 12.3. The third kappa shape index (κ3) is 4.70. The van der Waals surface area contributed by atoms with Crippen LogP contribution in [0, 0.1) is 11.3 Å². The molecule has 1 aliphatic carbocycles. The van der Waals surface area contributed by atoms with Crippen LogP contribution in [0.25, 0.3) is 0 Å². The van der Waals surface area contributed by atoms with E-state index in [1.165, 1.54) is 38.5 Å². The van der Waals surface area contributed by atoms with Crippen LogP contribution >= 0.6 is 0 Å². The fraction of sp³-hybridized carbons (Fsp3) is 0.889. The molecule has 2 saturated heterocycles. The number of carbonyl (C=O) groups excluding carboxylic acids is 1.